The van der Waals surface area contributed by atoms with Gasteiger partial charge in [-0.3, -0.25) is 0 Å². The van der Waals surface area contributed by atoms with Crippen LogP contribution < -0.4 is 0 Å². The molecule has 0 saturated heterocycles. The molecule has 11 aromatic rings. The van der Waals surface area contributed by atoms with E-state index in [4.69, 9.17) is 0 Å². The average molecular weight is 732 g/mol. The second-order valence-corrected chi connectivity index (χ2v) is 14.6. The molecular weight excluding hydrogens is 700 g/mol. The molecule has 56 heavy (non-hydrogen) atoms. The van der Waals surface area contributed by atoms with E-state index in [1.807, 2.05) is 36.4 Å². The Bertz CT molecular complexity index is 3380. The quantitative estimate of drug-likeness (QED) is 0.187. The van der Waals surface area contributed by atoms with Crippen LogP contribution in [0.2, 0.25) is 0 Å². The fourth-order valence-corrected chi connectivity index (χ4v) is 8.80. The summed E-state index contributed by atoms with van der Waals surface area (Å²) in [7, 11) is 0. The maximum absolute atomic E-state index is 14.2. The van der Waals surface area contributed by atoms with Gasteiger partial charge < -0.3 is 14.1 Å². The van der Waals surface area contributed by atoms with Crippen LogP contribution in [0, 0.1) is 6.92 Å². The lowest BCUT2D eigenvalue weighted by Crippen LogP contribution is -2.10. The fraction of sp³-hybridized carbons (Fsp3) is 0.0400. The van der Waals surface area contributed by atoms with E-state index in [1.165, 1.54) is 39.1 Å². The zero-order valence-corrected chi connectivity index (χ0v) is 30.2. The van der Waals surface area contributed by atoms with Gasteiger partial charge in [-0.15, -0.1) is 0 Å². The molecule has 11 rings (SSSR count). The predicted octanol–water partition coefficient (Wildman–Crippen LogP) is 14.2. The van der Waals surface area contributed by atoms with E-state index in [2.05, 4.69) is 126 Å². The summed E-state index contributed by atoms with van der Waals surface area (Å²) < 4.78 is 46.8. The molecule has 268 valence electrons. The van der Waals surface area contributed by atoms with E-state index < -0.39 is 11.7 Å². The van der Waals surface area contributed by atoms with Gasteiger partial charge in [0.1, 0.15) is 0 Å². The third-order valence-electron chi connectivity index (χ3n) is 11.4. The Balaban J connectivity index is 1.04. The monoisotopic (exact) mass is 731 g/mol. The summed E-state index contributed by atoms with van der Waals surface area (Å²) in [6.07, 6.45) is -4.49. The highest BCUT2D eigenvalue weighted by atomic mass is 19.4. The van der Waals surface area contributed by atoms with Gasteiger partial charge in [-0.2, -0.15) is 13.2 Å². The minimum Gasteiger partial charge on any atom is -0.355 e. The van der Waals surface area contributed by atoms with Gasteiger partial charge in [-0.05, 0) is 114 Å². The van der Waals surface area contributed by atoms with Crippen LogP contribution in [-0.4, -0.2) is 14.1 Å². The zero-order valence-electron chi connectivity index (χ0n) is 30.2. The molecule has 0 aliphatic carbocycles. The predicted molar refractivity (Wildman–Crippen MR) is 225 cm³/mol. The van der Waals surface area contributed by atoms with Crippen LogP contribution in [0.4, 0.5) is 13.2 Å². The number of nitrogens with one attached hydrogen (secondary N) is 1. The number of halogens is 3. The van der Waals surface area contributed by atoms with Crippen molar-refractivity contribution in [1.29, 1.82) is 0 Å². The summed E-state index contributed by atoms with van der Waals surface area (Å²) in [6, 6.07) is 56.5. The number of benzene rings is 8. The van der Waals surface area contributed by atoms with E-state index in [0.29, 0.717) is 0 Å². The molecule has 0 aliphatic heterocycles. The van der Waals surface area contributed by atoms with Gasteiger partial charge in [0.05, 0.1) is 33.3 Å². The van der Waals surface area contributed by atoms with Gasteiger partial charge in [-0.1, -0.05) is 91.0 Å². The van der Waals surface area contributed by atoms with E-state index >= 15 is 0 Å². The summed E-state index contributed by atoms with van der Waals surface area (Å²) in [5.41, 5.74) is 12.1. The number of hydrogen-bond acceptors (Lipinski definition) is 0. The highest BCUT2D eigenvalue weighted by Gasteiger charge is 2.34. The first-order chi connectivity index (χ1) is 27.3. The molecular formula is C50H32F3N3. The highest BCUT2D eigenvalue weighted by molar-refractivity contribution is 6.14. The minimum absolute atomic E-state index is 0.117. The summed E-state index contributed by atoms with van der Waals surface area (Å²) in [4.78, 5) is 3.61. The summed E-state index contributed by atoms with van der Waals surface area (Å²) in [6.45, 7) is 2.16. The van der Waals surface area contributed by atoms with Crippen molar-refractivity contribution in [3.63, 3.8) is 0 Å². The maximum atomic E-state index is 14.2. The highest BCUT2D eigenvalue weighted by Crippen LogP contribution is 2.41. The maximum Gasteiger partial charge on any atom is 0.418 e. The van der Waals surface area contributed by atoms with E-state index in [0.717, 1.165) is 71.9 Å². The summed E-state index contributed by atoms with van der Waals surface area (Å²) in [5.74, 6) is 0. The van der Waals surface area contributed by atoms with Gasteiger partial charge in [0.25, 0.3) is 0 Å². The molecule has 3 nitrogen and oxygen atoms in total. The molecule has 0 radical (unpaired) electrons. The first-order valence-electron chi connectivity index (χ1n) is 18.7. The molecule has 8 aromatic carbocycles. The zero-order chi connectivity index (χ0) is 37.7. The molecule has 0 spiro atoms. The Hall–Kier alpha value is -7.05. The number of H-pyrrole nitrogens is 1. The SMILES string of the molecule is Cc1ccccc1-n1c2ccccc2c2cc(-c3ccc4[nH]c5ccc(-c6ccc7c(c6)c6ccccc6n7-c6ccccc6C(F)(F)F)cc5c4c3)ccc21. The minimum atomic E-state index is -4.49. The molecule has 1 N–H and O–H groups in total. The summed E-state index contributed by atoms with van der Waals surface area (Å²) >= 11 is 0. The Labute approximate surface area is 319 Å². The van der Waals surface area contributed by atoms with Crippen LogP contribution in [0.1, 0.15) is 11.1 Å². The molecule has 0 saturated carbocycles. The van der Waals surface area contributed by atoms with Crippen LogP contribution in [0.15, 0.2) is 170 Å². The topological polar surface area (TPSA) is 25.6 Å². The number of para-hydroxylation sites is 4. The molecule has 0 fully saturated rings. The second kappa shape index (κ2) is 12.0. The number of aromatic amines is 1. The van der Waals surface area contributed by atoms with E-state index in [9.17, 15) is 13.2 Å². The third kappa shape index (κ3) is 4.85. The molecule has 0 unspecified atom stereocenters. The Morgan fingerprint density at radius 1 is 0.393 bits per heavy atom. The average Bonchev–Trinajstić information content (AvgIpc) is 3.87. The van der Waals surface area contributed by atoms with Crippen LogP contribution in [-0.2, 0) is 6.18 Å². The number of aromatic nitrogens is 3. The number of alkyl halides is 3. The largest absolute Gasteiger partial charge is 0.418 e. The van der Waals surface area contributed by atoms with Gasteiger partial charge in [0.15, 0.2) is 0 Å². The van der Waals surface area contributed by atoms with Crippen molar-refractivity contribution >= 4 is 65.4 Å². The Morgan fingerprint density at radius 3 is 1.34 bits per heavy atom. The van der Waals surface area contributed by atoms with Crippen molar-refractivity contribution in [3.05, 3.63) is 181 Å². The molecule has 3 aromatic heterocycles. The normalized spacial score (nSPS) is 12.3. The van der Waals surface area contributed by atoms with Crippen molar-refractivity contribution in [2.45, 2.75) is 13.1 Å². The number of hydrogen-bond donors (Lipinski definition) is 1. The fourth-order valence-electron chi connectivity index (χ4n) is 8.80. The van der Waals surface area contributed by atoms with Crippen molar-refractivity contribution in [3.8, 4) is 33.6 Å². The number of fused-ring (bicyclic) bond motifs is 9. The van der Waals surface area contributed by atoms with Gasteiger partial charge in [0.2, 0.25) is 0 Å². The van der Waals surface area contributed by atoms with E-state index in [-0.39, 0.29) is 5.69 Å². The van der Waals surface area contributed by atoms with Crippen LogP contribution >= 0.6 is 0 Å². The van der Waals surface area contributed by atoms with Crippen LogP contribution in [0.3, 0.4) is 0 Å². The number of nitrogens with zero attached hydrogens (tertiary/aromatic N) is 2. The van der Waals surface area contributed by atoms with Crippen molar-refractivity contribution in [1.82, 2.24) is 14.1 Å². The number of aryl methyl sites for hydroxylation is 1. The van der Waals surface area contributed by atoms with Gasteiger partial charge in [-0.25, -0.2) is 0 Å². The molecule has 0 aliphatic rings. The molecule has 0 atom stereocenters. The first-order valence-corrected chi connectivity index (χ1v) is 18.7. The smallest absolute Gasteiger partial charge is 0.355 e. The third-order valence-corrected chi connectivity index (χ3v) is 11.4. The van der Waals surface area contributed by atoms with Crippen molar-refractivity contribution in [2.75, 3.05) is 0 Å². The lowest BCUT2D eigenvalue weighted by atomic mass is 9.98. The van der Waals surface area contributed by atoms with E-state index in [1.54, 1.807) is 16.7 Å². The molecule has 6 heteroatoms. The van der Waals surface area contributed by atoms with Crippen LogP contribution in [0.25, 0.3) is 99.0 Å². The lowest BCUT2D eigenvalue weighted by Gasteiger charge is -2.15. The summed E-state index contributed by atoms with van der Waals surface area (Å²) in [5, 5.41) is 6.46. The molecule has 0 amide bonds. The second-order valence-electron chi connectivity index (χ2n) is 14.6. The van der Waals surface area contributed by atoms with Crippen molar-refractivity contribution in [2.24, 2.45) is 0 Å². The van der Waals surface area contributed by atoms with Gasteiger partial charge in [0, 0.05) is 49.0 Å². The number of rotatable bonds is 4. The van der Waals surface area contributed by atoms with Gasteiger partial charge >= 0.3 is 6.18 Å². The molecule has 3 heterocycles. The molecule has 0 bridgehead atoms. The Kier molecular flexibility index (Phi) is 6.93. The van der Waals surface area contributed by atoms with Crippen LogP contribution in [0.5, 0.6) is 0 Å². The Morgan fingerprint density at radius 2 is 0.804 bits per heavy atom. The lowest BCUT2D eigenvalue weighted by molar-refractivity contribution is -0.137. The van der Waals surface area contributed by atoms with Crippen molar-refractivity contribution < 1.29 is 13.2 Å². The standard InChI is InChI=1S/C50H32F3N3/c1-30-10-2-6-14-44(30)55-45-15-7-3-11-35(45)39-28-33(20-24-47(39)55)31-18-22-42-37(26-31)38-27-32(19-23-43(38)54-42)34-21-25-48-40(29-34)36-12-4-8-16-46(36)56(48)49-17-9-5-13-41(49)50(51,52)53/h2-29,54H,1H3. The first kappa shape index (κ1) is 32.4.